The van der Waals surface area contributed by atoms with Crippen LogP contribution in [0.25, 0.3) is 0 Å². The number of nitrogens with zero attached hydrogens (tertiary/aromatic N) is 3. The lowest BCUT2D eigenvalue weighted by Crippen LogP contribution is -2.26. The molecule has 1 aromatic rings. The number of aromatic nitrogens is 2. The Morgan fingerprint density at radius 3 is 2.61 bits per heavy atom. The van der Waals surface area contributed by atoms with E-state index >= 15 is 0 Å². The number of amides is 1. The summed E-state index contributed by atoms with van der Waals surface area (Å²) in [5.41, 5.74) is 0.500. The fourth-order valence-electron chi connectivity index (χ4n) is 1.86. The molecule has 6 nitrogen and oxygen atoms in total. The van der Waals surface area contributed by atoms with Crippen molar-refractivity contribution < 1.29 is 17.1 Å². The Balaban J connectivity index is 2.22. The summed E-state index contributed by atoms with van der Waals surface area (Å²) in [6.07, 6.45) is 2.81. The van der Waals surface area contributed by atoms with E-state index in [0.29, 0.717) is 5.69 Å². The molecule has 2 heterocycles. The maximum Gasteiger partial charge on any atom is 0.307 e. The molecule has 0 N–H and O–H groups in total. The predicted molar refractivity (Wildman–Crippen MR) is 63.4 cm³/mol. The first-order valence-electron chi connectivity index (χ1n) is 5.57. The van der Waals surface area contributed by atoms with E-state index in [1.54, 1.807) is 10.9 Å². The molecule has 0 saturated carbocycles. The van der Waals surface area contributed by atoms with Crippen LogP contribution in [-0.2, 0) is 15.0 Å². The summed E-state index contributed by atoms with van der Waals surface area (Å²) in [5.74, 6) is -0.399. The minimum Gasteiger partial charge on any atom is -0.308 e. The highest BCUT2D eigenvalue weighted by molar-refractivity contribution is 7.87. The van der Waals surface area contributed by atoms with Crippen LogP contribution in [0, 0.1) is 0 Å². The highest BCUT2D eigenvalue weighted by Crippen LogP contribution is 2.25. The highest BCUT2D eigenvalue weighted by atomic mass is 32.3. The summed E-state index contributed by atoms with van der Waals surface area (Å²) in [5, 5.41) is 2.79. The number of anilines is 1. The van der Waals surface area contributed by atoms with Gasteiger partial charge in [-0.1, -0.05) is 0 Å². The summed E-state index contributed by atoms with van der Waals surface area (Å²) in [4.78, 5) is 12.9. The molecule has 0 bridgehead atoms. The van der Waals surface area contributed by atoms with Crippen LogP contribution in [0.1, 0.15) is 26.3 Å². The Hall–Kier alpha value is -1.44. The summed E-state index contributed by atoms with van der Waals surface area (Å²) in [7, 11) is -4.68. The van der Waals surface area contributed by atoms with Crippen molar-refractivity contribution in [3.8, 4) is 0 Å². The summed E-state index contributed by atoms with van der Waals surface area (Å²) in [6, 6.07) is 0.136. The molecule has 1 aliphatic heterocycles. The molecule has 0 aromatic carbocycles. The van der Waals surface area contributed by atoms with E-state index in [2.05, 4.69) is 5.10 Å². The lowest BCUT2D eigenvalue weighted by Gasteiger charge is -2.13. The van der Waals surface area contributed by atoms with Crippen LogP contribution in [0.3, 0.4) is 0 Å². The SMILES string of the molecule is CC(C)n1cc(N2CC(S(=O)(=O)F)CC2=O)cn1. The van der Waals surface area contributed by atoms with Gasteiger partial charge in [0.2, 0.25) is 5.91 Å². The van der Waals surface area contributed by atoms with Crippen molar-refractivity contribution in [2.45, 2.75) is 31.6 Å². The van der Waals surface area contributed by atoms with E-state index < -0.39 is 21.4 Å². The molecule has 1 unspecified atom stereocenters. The van der Waals surface area contributed by atoms with E-state index in [0.717, 1.165) is 0 Å². The Morgan fingerprint density at radius 1 is 1.50 bits per heavy atom. The number of hydrogen-bond donors (Lipinski definition) is 0. The van der Waals surface area contributed by atoms with Crippen LogP contribution < -0.4 is 4.90 Å². The smallest absolute Gasteiger partial charge is 0.307 e. The van der Waals surface area contributed by atoms with Crippen molar-refractivity contribution >= 4 is 21.8 Å². The molecule has 18 heavy (non-hydrogen) atoms. The fraction of sp³-hybridized carbons (Fsp3) is 0.600. The average molecular weight is 275 g/mol. The lowest BCUT2D eigenvalue weighted by molar-refractivity contribution is -0.117. The number of hydrogen-bond acceptors (Lipinski definition) is 4. The van der Waals surface area contributed by atoms with Gasteiger partial charge >= 0.3 is 10.2 Å². The molecule has 100 valence electrons. The summed E-state index contributed by atoms with van der Waals surface area (Å²) < 4.78 is 36.1. The van der Waals surface area contributed by atoms with Crippen molar-refractivity contribution in [3.63, 3.8) is 0 Å². The van der Waals surface area contributed by atoms with Crippen LogP contribution in [0.5, 0.6) is 0 Å². The van der Waals surface area contributed by atoms with E-state index in [-0.39, 0.29) is 19.0 Å². The van der Waals surface area contributed by atoms with Gasteiger partial charge in [-0.05, 0) is 13.8 Å². The molecule has 0 aliphatic carbocycles. The third-order valence-electron chi connectivity index (χ3n) is 2.92. The van der Waals surface area contributed by atoms with Gasteiger partial charge in [-0.2, -0.15) is 13.5 Å². The third kappa shape index (κ3) is 2.38. The van der Waals surface area contributed by atoms with Gasteiger partial charge in [0.05, 0.1) is 11.9 Å². The van der Waals surface area contributed by atoms with Crippen LogP contribution in [-0.4, -0.2) is 35.9 Å². The maximum absolute atomic E-state index is 12.9. The van der Waals surface area contributed by atoms with E-state index in [1.807, 2.05) is 13.8 Å². The van der Waals surface area contributed by atoms with Gasteiger partial charge in [-0.25, -0.2) is 0 Å². The molecule has 1 aliphatic rings. The molecule has 1 aromatic heterocycles. The maximum atomic E-state index is 12.9. The molecule has 0 radical (unpaired) electrons. The largest absolute Gasteiger partial charge is 0.308 e. The number of carbonyl (C=O) groups excluding carboxylic acids is 1. The van der Waals surface area contributed by atoms with Crippen molar-refractivity contribution in [2.75, 3.05) is 11.4 Å². The average Bonchev–Trinajstić information content (AvgIpc) is 2.81. The minimum atomic E-state index is -4.68. The number of rotatable bonds is 3. The fourth-order valence-corrected chi connectivity index (χ4v) is 2.53. The van der Waals surface area contributed by atoms with Crippen LogP contribution in [0.15, 0.2) is 12.4 Å². The minimum absolute atomic E-state index is 0.136. The Bertz CT molecular complexity index is 567. The first kappa shape index (κ1) is 13.0. The van der Waals surface area contributed by atoms with Crippen molar-refractivity contribution in [1.29, 1.82) is 0 Å². The number of halogens is 1. The van der Waals surface area contributed by atoms with Gasteiger partial charge in [-0.15, -0.1) is 3.89 Å². The van der Waals surface area contributed by atoms with Gasteiger partial charge in [0.15, 0.2) is 0 Å². The molecule has 8 heteroatoms. The van der Waals surface area contributed by atoms with Gasteiger partial charge in [0.25, 0.3) is 0 Å². The second kappa shape index (κ2) is 4.34. The lowest BCUT2D eigenvalue weighted by atomic mass is 10.4. The van der Waals surface area contributed by atoms with E-state index in [4.69, 9.17) is 0 Å². The molecule has 0 spiro atoms. The number of carbonyl (C=O) groups is 1. The van der Waals surface area contributed by atoms with Crippen molar-refractivity contribution in [3.05, 3.63) is 12.4 Å². The van der Waals surface area contributed by atoms with Gasteiger partial charge in [0.1, 0.15) is 5.25 Å². The van der Waals surface area contributed by atoms with Gasteiger partial charge in [-0.3, -0.25) is 9.48 Å². The van der Waals surface area contributed by atoms with Gasteiger partial charge < -0.3 is 4.90 Å². The molecule has 1 saturated heterocycles. The highest BCUT2D eigenvalue weighted by Gasteiger charge is 2.39. The molecule has 1 amide bonds. The Labute approximate surface area is 105 Å². The monoisotopic (exact) mass is 275 g/mol. The second-order valence-electron chi connectivity index (χ2n) is 4.58. The van der Waals surface area contributed by atoms with Crippen molar-refractivity contribution in [1.82, 2.24) is 9.78 Å². The topological polar surface area (TPSA) is 72.3 Å². The standard InChI is InChI=1S/C10H14FN3O3S/c1-7(2)14-5-8(4-12-14)13-6-9(3-10(13)15)18(11,16)17/h4-5,7,9H,3,6H2,1-2H3. The molecular weight excluding hydrogens is 261 g/mol. The first-order chi connectivity index (χ1) is 8.29. The molecule has 1 fully saturated rings. The quantitative estimate of drug-likeness (QED) is 0.767. The normalized spacial score (nSPS) is 21.0. The summed E-state index contributed by atoms with van der Waals surface area (Å²) in [6.45, 7) is 3.70. The predicted octanol–water partition coefficient (Wildman–Crippen LogP) is 0.869. The van der Waals surface area contributed by atoms with E-state index in [1.165, 1.54) is 11.1 Å². The zero-order valence-corrected chi connectivity index (χ0v) is 10.9. The molecular formula is C10H14FN3O3S. The zero-order valence-electron chi connectivity index (χ0n) is 10.1. The van der Waals surface area contributed by atoms with Crippen LogP contribution >= 0.6 is 0 Å². The Morgan fingerprint density at radius 2 is 2.17 bits per heavy atom. The van der Waals surface area contributed by atoms with Crippen LogP contribution in [0.4, 0.5) is 9.57 Å². The summed E-state index contributed by atoms with van der Waals surface area (Å²) >= 11 is 0. The molecule has 1 atom stereocenters. The second-order valence-corrected chi connectivity index (χ2v) is 6.20. The van der Waals surface area contributed by atoms with Gasteiger partial charge in [0, 0.05) is 25.2 Å². The first-order valence-corrected chi connectivity index (χ1v) is 7.01. The zero-order chi connectivity index (χ0) is 13.5. The molecule has 2 rings (SSSR count). The third-order valence-corrected chi connectivity index (χ3v) is 4.03. The Kier molecular flexibility index (Phi) is 3.14. The van der Waals surface area contributed by atoms with Crippen molar-refractivity contribution in [2.24, 2.45) is 0 Å². The van der Waals surface area contributed by atoms with E-state index in [9.17, 15) is 17.1 Å². The van der Waals surface area contributed by atoms with Crippen LogP contribution in [0.2, 0.25) is 0 Å².